The van der Waals surface area contributed by atoms with Gasteiger partial charge in [-0.05, 0) is 60.7 Å². The van der Waals surface area contributed by atoms with Crippen molar-refractivity contribution in [2.24, 2.45) is 5.14 Å². The van der Waals surface area contributed by atoms with Crippen molar-refractivity contribution >= 4 is 15.9 Å². The van der Waals surface area contributed by atoms with Crippen molar-refractivity contribution in [3.05, 3.63) is 58.9 Å². The Morgan fingerprint density at radius 1 is 1.27 bits per heavy atom. The van der Waals surface area contributed by atoms with Gasteiger partial charge in [0.15, 0.2) is 0 Å². The number of amides is 1. The van der Waals surface area contributed by atoms with Gasteiger partial charge >= 0.3 is 0 Å². The Morgan fingerprint density at radius 2 is 2.04 bits per heavy atom. The van der Waals surface area contributed by atoms with E-state index in [1.54, 1.807) is 6.07 Å². The van der Waals surface area contributed by atoms with Crippen LogP contribution in [0, 0.1) is 5.82 Å². The number of ether oxygens (including phenoxy) is 1. The van der Waals surface area contributed by atoms with E-state index in [1.807, 2.05) is 0 Å². The van der Waals surface area contributed by atoms with Crippen LogP contribution in [0.15, 0.2) is 41.3 Å². The predicted molar refractivity (Wildman–Crippen MR) is 93.9 cm³/mol. The third-order valence-corrected chi connectivity index (χ3v) is 5.38. The van der Waals surface area contributed by atoms with E-state index in [2.05, 4.69) is 5.32 Å². The third-order valence-electron chi connectivity index (χ3n) is 4.47. The maximum atomic E-state index is 13.6. The lowest BCUT2D eigenvalue weighted by Gasteiger charge is -2.26. The van der Waals surface area contributed by atoms with Gasteiger partial charge in [0.1, 0.15) is 11.6 Å². The molecule has 1 amide bonds. The van der Waals surface area contributed by atoms with Gasteiger partial charge in [-0.2, -0.15) is 0 Å². The Kier molecular flexibility index (Phi) is 4.97. The van der Waals surface area contributed by atoms with Gasteiger partial charge in [-0.3, -0.25) is 4.79 Å². The summed E-state index contributed by atoms with van der Waals surface area (Å²) in [5, 5.41) is 7.99. The minimum atomic E-state index is -3.96. The number of carbonyl (C=O) groups is 1. The van der Waals surface area contributed by atoms with Crippen molar-refractivity contribution in [3.8, 4) is 5.75 Å². The highest BCUT2D eigenvalue weighted by atomic mass is 32.2. The lowest BCUT2D eigenvalue weighted by Crippen LogP contribution is -2.31. The second kappa shape index (κ2) is 7.05. The second-order valence-electron chi connectivity index (χ2n) is 6.17. The number of methoxy groups -OCH3 is 1. The monoisotopic (exact) mass is 378 g/mol. The number of sulfonamides is 1. The molecule has 0 aromatic heterocycles. The molecule has 0 bridgehead atoms. The number of fused-ring (bicyclic) bond motifs is 1. The molecule has 8 heteroatoms. The van der Waals surface area contributed by atoms with Gasteiger partial charge < -0.3 is 10.1 Å². The van der Waals surface area contributed by atoms with Gasteiger partial charge in [-0.25, -0.2) is 17.9 Å². The lowest BCUT2D eigenvalue weighted by molar-refractivity contribution is 0.0929. The number of hydrogen-bond acceptors (Lipinski definition) is 4. The number of rotatable bonds is 4. The van der Waals surface area contributed by atoms with Gasteiger partial charge in [0.25, 0.3) is 5.91 Å². The molecule has 6 nitrogen and oxygen atoms in total. The minimum Gasteiger partial charge on any atom is -0.496 e. The first-order valence-corrected chi connectivity index (χ1v) is 9.64. The average Bonchev–Trinajstić information content (AvgIpc) is 2.60. The van der Waals surface area contributed by atoms with Crippen LogP contribution in [0.2, 0.25) is 0 Å². The largest absolute Gasteiger partial charge is 0.496 e. The zero-order valence-corrected chi connectivity index (χ0v) is 15.0. The topological polar surface area (TPSA) is 98.5 Å². The quantitative estimate of drug-likeness (QED) is 0.853. The number of halogens is 1. The first-order chi connectivity index (χ1) is 12.3. The van der Waals surface area contributed by atoms with Crippen LogP contribution >= 0.6 is 0 Å². The normalized spacial score (nSPS) is 16.7. The summed E-state index contributed by atoms with van der Waals surface area (Å²) in [6.07, 6.45) is 2.35. The van der Waals surface area contributed by atoms with Crippen molar-refractivity contribution in [2.45, 2.75) is 30.2 Å². The minimum absolute atomic E-state index is 0.0579. The summed E-state index contributed by atoms with van der Waals surface area (Å²) >= 11 is 0. The first-order valence-electron chi connectivity index (χ1n) is 8.09. The van der Waals surface area contributed by atoms with E-state index in [-0.39, 0.29) is 28.1 Å². The Hall–Kier alpha value is -2.45. The summed E-state index contributed by atoms with van der Waals surface area (Å²) in [7, 11) is -2.57. The number of carbonyl (C=O) groups excluding carboxylic acids is 1. The van der Waals surface area contributed by atoms with Crippen molar-refractivity contribution in [3.63, 3.8) is 0 Å². The van der Waals surface area contributed by atoms with E-state index in [0.29, 0.717) is 6.42 Å². The van der Waals surface area contributed by atoms with E-state index >= 15 is 0 Å². The highest BCUT2D eigenvalue weighted by molar-refractivity contribution is 7.89. The van der Waals surface area contributed by atoms with E-state index in [1.165, 1.54) is 37.4 Å². The molecule has 0 saturated heterocycles. The highest BCUT2D eigenvalue weighted by Crippen LogP contribution is 2.31. The summed E-state index contributed by atoms with van der Waals surface area (Å²) in [6, 6.07) is 8.03. The number of nitrogens with two attached hydrogens (primary N) is 1. The van der Waals surface area contributed by atoms with Crippen LogP contribution < -0.4 is 15.2 Å². The molecule has 1 unspecified atom stereocenters. The van der Waals surface area contributed by atoms with E-state index < -0.39 is 15.9 Å². The first kappa shape index (κ1) is 18.3. The van der Waals surface area contributed by atoms with Crippen LogP contribution in [0.1, 0.15) is 40.4 Å². The molecule has 0 saturated carbocycles. The molecule has 3 N–H and O–H groups in total. The molecule has 3 rings (SSSR count). The maximum absolute atomic E-state index is 13.6. The molecule has 1 aliphatic carbocycles. The summed E-state index contributed by atoms with van der Waals surface area (Å²) in [4.78, 5) is 12.6. The Labute approximate surface area is 151 Å². The Morgan fingerprint density at radius 3 is 2.73 bits per heavy atom. The third kappa shape index (κ3) is 3.71. The van der Waals surface area contributed by atoms with Crippen LogP contribution in [0.4, 0.5) is 4.39 Å². The number of primary sulfonamides is 1. The summed E-state index contributed by atoms with van der Waals surface area (Å²) in [6.45, 7) is 0. The molecule has 26 heavy (non-hydrogen) atoms. The fraction of sp³-hybridized carbons (Fsp3) is 0.278. The molecule has 2 aromatic carbocycles. The molecule has 138 valence electrons. The highest BCUT2D eigenvalue weighted by Gasteiger charge is 2.25. The van der Waals surface area contributed by atoms with Crippen molar-refractivity contribution in [2.75, 3.05) is 7.11 Å². The summed E-state index contributed by atoms with van der Waals surface area (Å²) in [5.41, 5.74) is 1.79. The standard InChI is InChI=1S/C18H19FN2O4S/c1-25-17-8-7-13(26(20,23)24)10-15(17)18(22)21-16-4-2-3-11-5-6-12(19)9-14(11)16/h5-10,16H,2-4H2,1H3,(H,21,22)(H2,20,23,24). The number of nitrogens with one attached hydrogen (secondary N) is 1. The summed E-state index contributed by atoms with van der Waals surface area (Å²) in [5.74, 6) is -0.640. The van der Waals surface area contributed by atoms with Gasteiger partial charge in [0, 0.05) is 0 Å². The smallest absolute Gasteiger partial charge is 0.255 e. The molecule has 0 radical (unpaired) electrons. The van der Waals surface area contributed by atoms with Crippen LogP contribution in [0.5, 0.6) is 5.75 Å². The fourth-order valence-corrected chi connectivity index (χ4v) is 3.74. The fourth-order valence-electron chi connectivity index (χ4n) is 3.20. The molecule has 0 heterocycles. The second-order valence-corrected chi connectivity index (χ2v) is 7.73. The molecular formula is C18H19FN2O4S. The van der Waals surface area contributed by atoms with Crippen LogP contribution in [0.25, 0.3) is 0 Å². The van der Waals surface area contributed by atoms with Crippen LogP contribution in [0.3, 0.4) is 0 Å². The van der Waals surface area contributed by atoms with Gasteiger partial charge in [0.2, 0.25) is 10.0 Å². The zero-order chi connectivity index (χ0) is 18.9. The summed E-state index contributed by atoms with van der Waals surface area (Å²) < 4.78 is 41.9. The van der Waals surface area contributed by atoms with E-state index in [0.717, 1.165) is 24.0 Å². The average molecular weight is 378 g/mol. The number of benzene rings is 2. The Balaban J connectivity index is 1.93. The van der Waals surface area contributed by atoms with Crippen LogP contribution in [-0.4, -0.2) is 21.4 Å². The van der Waals surface area contributed by atoms with Gasteiger partial charge in [-0.15, -0.1) is 0 Å². The number of aryl methyl sites for hydroxylation is 1. The molecular weight excluding hydrogens is 359 g/mol. The van der Waals surface area contributed by atoms with Gasteiger partial charge in [-0.1, -0.05) is 6.07 Å². The van der Waals surface area contributed by atoms with Crippen molar-refractivity contribution in [1.29, 1.82) is 0 Å². The predicted octanol–water partition coefficient (Wildman–Crippen LogP) is 2.29. The maximum Gasteiger partial charge on any atom is 0.255 e. The SMILES string of the molecule is COc1ccc(S(N)(=O)=O)cc1C(=O)NC1CCCc2ccc(F)cc21. The van der Waals surface area contributed by atoms with E-state index in [4.69, 9.17) is 9.88 Å². The molecule has 0 aliphatic heterocycles. The van der Waals surface area contributed by atoms with Gasteiger partial charge in [0.05, 0.1) is 23.6 Å². The molecule has 0 fully saturated rings. The van der Waals surface area contributed by atoms with Crippen LogP contribution in [-0.2, 0) is 16.4 Å². The van der Waals surface area contributed by atoms with E-state index in [9.17, 15) is 17.6 Å². The molecule has 2 aromatic rings. The molecule has 0 spiro atoms. The van der Waals surface area contributed by atoms with Crippen molar-refractivity contribution in [1.82, 2.24) is 5.32 Å². The van der Waals surface area contributed by atoms with Crippen molar-refractivity contribution < 1.29 is 22.3 Å². The zero-order valence-electron chi connectivity index (χ0n) is 14.2. The Bertz CT molecular complexity index is 960. The number of hydrogen-bond donors (Lipinski definition) is 2. The molecule has 1 atom stereocenters. The lowest BCUT2D eigenvalue weighted by atomic mass is 9.87. The molecule has 1 aliphatic rings.